The van der Waals surface area contributed by atoms with Crippen LogP contribution in [0.1, 0.15) is 33.4 Å². The highest BCUT2D eigenvalue weighted by molar-refractivity contribution is 4.93. The van der Waals surface area contributed by atoms with Gasteiger partial charge in [-0.2, -0.15) is 0 Å². The van der Waals surface area contributed by atoms with Crippen molar-refractivity contribution in [2.24, 2.45) is 0 Å². The summed E-state index contributed by atoms with van der Waals surface area (Å²) in [7, 11) is 0. The van der Waals surface area contributed by atoms with Crippen LogP contribution in [0.5, 0.6) is 0 Å². The number of aromatic nitrogens is 3. The van der Waals surface area contributed by atoms with Gasteiger partial charge in [-0.1, -0.05) is 5.21 Å². The van der Waals surface area contributed by atoms with Gasteiger partial charge in [0.2, 0.25) is 0 Å². The molecular weight excluding hydrogens is 232 g/mol. The lowest BCUT2D eigenvalue weighted by Gasteiger charge is -2.19. The molecule has 0 radical (unpaired) electrons. The average molecular weight is 256 g/mol. The second-order valence-electron chi connectivity index (χ2n) is 5.35. The molecule has 0 aliphatic heterocycles. The molecule has 104 valence electrons. The van der Waals surface area contributed by atoms with Crippen molar-refractivity contribution in [2.45, 2.75) is 52.4 Å². The normalized spacial score (nSPS) is 13.8. The fourth-order valence-electron chi connectivity index (χ4n) is 1.39. The monoisotopic (exact) mass is 256 g/mol. The first-order valence-corrected chi connectivity index (χ1v) is 6.30. The molecule has 1 aromatic heterocycles. The summed E-state index contributed by atoms with van der Waals surface area (Å²) in [6.45, 7) is 10.2. The van der Waals surface area contributed by atoms with Crippen molar-refractivity contribution in [2.75, 3.05) is 13.2 Å². The molecule has 0 amide bonds. The number of rotatable bonds is 7. The summed E-state index contributed by atoms with van der Waals surface area (Å²) >= 11 is 0. The van der Waals surface area contributed by atoms with Gasteiger partial charge >= 0.3 is 0 Å². The van der Waals surface area contributed by atoms with Gasteiger partial charge in [-0.3, -0.25) is 0 Å². The maximum Gasteiger partial charge on any atom is 0.0969 e. The average Bonchev–Trinajstić information content (AvgIpc) is 2.70. The molecule has 1 atom stereocenters. The van der Waals surface area contributed by atoms with Crippen molar-refractivity contribution >= 4 is 0 Å². The summed E-state index contributed by atoms with van der Waals surface area (Å²) < 4.78 is 6.78. The van der Waals surface area contributed by atoms with Crippen LogP contribution in [-0.2, 0) is 17.8 Å². The fraction of sp³-hybridized carbons (Fsp3) is 0.833. The van der Waals surface area contributed by atoms with E-state index in [1.807, 2.05) is 13.1 Å². The molecule has 0 saturated heterocycles. The van der Waals surface area contributed by atoms with Crippen molar-refractivity contribution < 1.29 is 9.84 Å². The summed E-state index contributed by atoms with van der Waals surface area (Å²) in [5, 5.41) is 21.0. The largest absolute Gasteiger partial charge is 0.389 e. The highest BCUT2D eigenvalue weighted by Crippen LogP contribution is 2.02. The van der Waals surface area contributed by atoms with E-state index >= 15 is 0 Å². The third-order valence-corrected chi connectivity index (χ3v) is 2.30. The van der Waals surface area contributed by atoms with E-state index in [0.717, 1.165) is 5.69 Å². The van der Waals surface area contributed by atoms with Crippen LogP contribution in [0.3, 0.4) is 0 Å². The Labute approximate surface area is 108 Å². The lowest BCUT2D eigenvalue weighted by atomic mass is 10.1. The second-order valence-corrected chi connectivity index (χ2v) is 5.35. The minimum Gasteiger partial charge on any atom is -0.389 e. The molecule has 6 heteroatoms. The lowest BCUT2D eigenvalue weighted by molar-refractivity contribution is 0.0313. The van der Waals surface area contributed by atoms with Gasteiger partial charge in [-0.05, 0) is 27.7 Å². The van der Waals surface area contributed by atoms with E-state index in [0.29, 0.717) is 26.3 Å². The quantitative estimate of drug-likeness (QED) is 0.746. The number of aliphatic hydroxyl groups excluding tert-OH is 1. The standard InChI is InChI=1S/C12H24N4O2/c1-5-18-9-11(17)8-16-7-10(14-15-16)6-13-12(2,3)4/h7,11,13,17H,5-6,8-9H2,1-4H3. The van der Waals surface area contributed by atoms with Crippen LogP contribution >= 0.6 is 0 Å². The zero-order valence-corrected chi connectivity index (χ0v) is 11.7. The molecule has 0 bridgehead atoms. The smallest absolute Gasteiger partial charge is 0.0969 e. The van der Waals surface area contributed by atoms with Crippen LogP contribution in [0.4, 0.5) is 0 Å². The Balaban J connectivity index is 2.38. The van der Waals surface area contributed by atoms with E-state index < -0.39 is 6.10 Å². The Hall–Kier alpha value is -0.980. The van der Waals surface area contributed by atoms with Crippen LogP contribution in [0.25, 0.3) is 0 Å². The molecule has 1 rings (SSSR count). The summed E-state index contributed by atoms with van der Waals surface area (Å²) in [6.07, 6.45) is 1.29. The summed E-state index contributed by atoms with van der Waals surface area (Å²) in [5.41, 5.74) is 0.923. The number of nitrogens with one attached hydrogen (secondary N) is 1. The van der Waals surface area contributed by atoms with Crippen molar-refractivity contribution in [3.05, 3.63) is 11.9 Å². The van der Waals surface area contributed by atoms with Gasteiger partial charge in [0.25, 0.3) is 0 Å². The summed E-state index contributed by atoms with van der Waals surface area (Å²) in [6, 6.07) is 0. The molecule has 0 saturated carbocycles. The number of ether oxygens (including phenoxy) is 1. The van der Waals surface area contributed by atoms with Crippen molar-refractivity contribution in [1.82, 2.24) is 20.3 Å². The number of hydrogen-bond acceptors (Lipinski definition) is 5. The zero-order valence-electron chi connectivity index (χ0n) is 11.7. The molecule has 0 spiro atoms. The third kappa shape index (κ3) is 6.09. The van der Waals surface area contributed by atoms with Crippen LogP contribution < -0.4 is 5.32 Å². The van der Waals surface area contributed by atoms with E-state index in [-0.39, 0.29) is 5.54 Å². The molecule has 0 fully saturated rings. The molecule has 0 aromatic carbocycles. The van der Waals surface area contributed by atoms with Gasteiger partial charge in [0.1, 0.15) is 0 Å². The molecular formula is C12H24N4O2. The van der Waals surface area contributed by atoms with Crippen molar-refractivity contribution in [1.29, 1.82) is 0 Å². The Morgan fingerprint density at radius 3 is 2.83 bits per heavy atom. The molecule has 2 N–H and O–H groups in total. The molecule has 1 unspecified atom stereocenters. The zero-order chi connectivity index (χ0) is 13.6. The number of hydrogen-bond donors (Lipinski definition) is 2. The maximum atomic E-state index is 9.67. The lowest BCUT2D eigenvalue weighted by Crippen LogP contribution is -2.35. The van der Waals surface area contributed by atoms with E-state index in [4.69, 9.17) is 4.74 Å². The minimum absolute atomic E-state index is 0.0538. The maximum absolute atomic E-state index is 9.67. The minimum atomic E-state index is -0.546. The SMILES string of the molecule is CCOCC(O)Cn1cc(CNC(C)(C)C)nn1. The molecule has 0 aliphatic carbocycles. The number of aliphatic hydroxyl groups is 1. The Bertz CT molecular complexity index is 346. The van der Waals surface area contributed by atoms with Gasteiger partial charge in [-0.15, -0.1) is 5.10 Å². The number of nitrogens with zero attached hydrogens (tertiary/aromatic N) is 3. The van der Waals surface area contributed by atoms with Crippen molar-refractivity contribution in [3.8, 4) is 0 Å². The predicted octanol–water partition coefficient (Wildman–Crippen LogP) is 0.564. The first-order chi connectivity index (χ1) is 8.40. The van der Waals surface area contributed by atoms with E-state index in [1.54, 1.807) is 4.68 Å². The van der Waals surface area contributed by atoms with Gasteiger partial charge in [0.05, 0.1) is 24.9 Å². The second kappa shape index (κ2) is 6.82. The van der Waals surface area contributed by atoms with E-state index in [1.165, 1.54) is 0 Å². The molecule has 1 aromatic rings. The van der Waals surface area contributed by atoms with Crippen LogP contribution in [-0.4, -0.2) is 45.0 Å². The summed E-state index contributed by atoms with van der Waals surface area (Å²) in [5.74, 6) is 0. The predicted molar refractivity (Wildman–Crippen MR) is 69.1 cm³/mol. The fourth-order valence-corrected chi connectivity index (χ4v) is 1.39. The Morgan fingerprint density at radius 2 is 2.22 bits per heavy atom. The molecule has 6 nitrogen and oxygen atoms in total. The topological polar surface area (TPSA) is 72.2 Å². The highest BCUT2D eigenvalue weighted by atomic mass is 16.5. The van der Waals surface area contributed by atoms with Crippen LogP contribution in [0, 0.1) is 0 Å². The van der Waals surface area contributed by atoms with E-state index in [2.05, 4.69) is 36.4 Å². The highest BCUT2D eigenvalue weighted by Gasteiger charge is 2.11. The van der Waals surface area contributed by atoms with E-state index in [9.17, 15) is 5.11 Å². The molecule has 0 aliphatic rings. The van der Waals surface area contributed by atoms with Crippen LogP contribution in [0.15, 0.2) is 6.20 Å². The third-order valence-electron chi connectivity index (χ3n) is 2.30. The molecule has 1 heterocycles. The first-order valence-electron chi connectivity index (χ1n) is 6.30. The van der Waals surface area contributed by atoms with Crippen molar-refractivity contribution in [3.63, 3.8) is 0 Å². The van der Waals surface area contributed by atoms with Gasteiger partial charge in [0, 0.05) is 24.9 Å². The van der Waals surface area contributed by atoms with Gasteiger partial charge in [-0.25, -0.2) is 4.68 Å². The van der Waals surface area contributed by atoms with Gasteiger partial charge in [0.15, 0.2) is 0 Å². The van der Waals surface area contributed by atoms with Gasteiger partial charge < -0.3 is 15.2 Å². The van der Waals surface area contributed by atoms with Crippen LogP contribution in [0.2, 0.25) is 0 Å². The summed E-state index contributed by atoms with van der Waals surface area (Å²) in [4.78, 5) is 0. The Morgan fingerprint density at radius 1 is 1.50 bits per heavy atom. The first kappa shape index (κ1) is 15.1. The Kier molecular flexibility index (Phi) is 5.71. The molecule has 18 heavy (non-hydrogen) atoms.